The minimum atomic E-state index is -4.82. The number of likely N-dealkylation sites (tertiary alicyclic amines) is 1. The number of carbonyl (C=O) groups excluding carboxylic acids is 1. The largest absolute Gasteiger partial charge is 0.573 e. The quantitative estimate of drug-likeness (QED) is 0.800. The van der Waals surface area contributed by atoms with Gasteiger partial charge in [-0.25, -0.2) is 0 Å². The van der Waals surface area contributed by atoms with Crippen molar-refractivity contribution < 1.29 is 22.7 Å². The molecule has 2 rings (SSSR count). The number of carbonyl (C=O) groups is 1. The van der Waals surface area contributed by atoms with E-state index in [0.29, 0.717) is 13.1 Å². The van der Waals surface area contributed by atoms with Gasteiger partial charge >= 0.3 is 6.36 Å². The lowest BCUT2D eigenvalue weighted by molar-refractivity contribution is -0.274. The number of nitrogens with zero attached hydrogens (tertiary/aromatic N) is 1. The zero-order chi connectivity index (χ0) is 14.8. The average molecular weight is 308 g/mol. The molecule has 1 fully saturated rings. The monoisotopic (exact) mass is 307 g/mol. The Morgan fingerprint density at radius 2 is 1.85 bits per heavy atom. The molecule has 1 saturated heterocycles. The van der Waals surface area contributed by atoms with E-state index in [4.69, 9.17) is 11.6 Å². The van der Waals surface area contributed by atoms with E-state index in [1.807, 2.05) is 0 Å². The number of para-hydroxylation sites is 1. The van der Waals surface area contributed by atoms with E-state index < -0.39 is 17.5 Å². The highest BCUT2D eigenvalue weighted by Gasteiger charge is 2.34. The van der Waals surface area contributed by atoms with Gasteiger partial charge in [-0.05, 0) is 18.9 Å². The summed E-state index contributed by atoms with van der Waals surface area (Å²) in [5, 5.41) is -1.17. The Morgan fingerprint density at radius 3 is 2.45 bits per heavy atom. The highest BCUT2D eigenvalue weighted by molar-refractivity contribution is 6.31. The van der Waals surface area contributed by atoms with Gasteiger partial charge in [0.1, 0.15) is 11.1 Å². The Morgan fingerprint density at radius 1 is 1.25 bits per heavy atom. The Kier molecular flexibility index (Phi) is 4.42. The molecule has 20 heavy (non-hydrogen) atoms. The van der Waals surface area contributed by atoms with Gasteiger partial charge in [0.2, 0.25) is 5.91 Å². The van der Waals surface area contributed by atoms with E-state index in [9.17, 15) is 18.0 Å². The molecule has 0 N–H and O–H groups in total. The van der Waals surface area contributed by atoms with E-state index in [1.165, 1.54) is 18.2 Å². The molecule has 1 amide bonds. The van der Waals surface area contributed by atoms with Gasteiger partial charge < -0.3 is 9.64 Å². The van der Waals surface area contributed by atoms with E-state index in [1.54, 1.807) is 4.90 Å². The normalized spacial score (nSPS) is 17.1. The maximum Gasteiger partial charge on any atom is 0.573 e. The first kappa shape index (κ1) is 15.0. The van der Waals surface area contributed by atoms with Crippen molar-refractivity contribution in [3.8, 4) is 5.75 Å². The number of amides is 1. The molecule has 110 valence electrons. The lowest BCUT2D eigenvalue weighted by Crippen LogP contribution is -2.31. The van der Waals surface area contributed by atoms with Crippen molar-refractivity contribution in [1.29, 1.82) is 0 Å². The Hall–Kier alpha value is -1.43. The molecular weight excluding hydrogens is 295 g/mol. The lowest BCUT2D eigenvalue weighted by Gasteiger charge is -2.21. The molecule has 1 atom stereocenters. The minimum Gasteiger partial charge on any atom is -0.405 e. The van der Waals surface area contributed by atoms with Crippen molar-refractivity contribution in [2.24, 2.45) is 0 Å². The molecule has 0 bridgehead atoms. The van der Waals surface area contributed by atoms with Crippen LogP contribution in [0.15, 0.2) is 24.3 Å². The number of hydrogen-bond donors (Lipinski definition) is 0. The van der Waals surface area contributed by atoms with Gasteiger partial charge in [0.05, 0.1) is 0 Å². The van der Waals surface area contributed by atoms with Crippen molar-refractivity contribution in [2.45, 2.75) is 24.6 Å². The standard InChI is InChI=1S/C13H13ClF3NO2/c14-11(12(19)18-7-3-4-8-18)9-5-1-2-6-10(9)20-13(15,16)17/h1-2,5-6,11H,3-4,7-8H2. The fourth-order valence-corrected chi connectivity index (χ4v) is 2.46. The van der Waals surface area contributed by atoms with Crippen LogP contribution >= 0.6 is 11.6 Å². The highest BCUT2D eigenvalue weighted by atomic mass is 35.5. The molecule has 0 aromatic heterocycles. The SMILES string of the molecule is O=C(C(Cl)c1ccccc1OC(F)(F)F)N1CCCC1. The lowest BCUT2D eigenvalue weighted by atomic mass is 10.1. The number of alkyl halides is 4. The molecule has 1 unspecified atom stereocenters. The molecule has 3 nitrogen and oxygen atoms in total. The number of ether oxygens (including phenoxy) is 1. The van der Waals surface area contributed by atoms with Crippen molar-refractivity contribution in [2.75, 3.05) is 13.1 Å². The predicted molar refractivity (Wildman–Crippen MR) is 67.5 cm³/mol. The number of hydrogen-bond acceptors (Lipinski definition) is 2. The molecule has 1 aliphatic rings. The molecule has 7 heteroatoms. The van der Waals surface area contributed by atoms with Crippen molar-refractivity contribution in [3.63, 3.8) is 0 Å². The summed E-state index contributed by atoms with van der Waals surface area (Å²) < 4.78 is 40.9. The van der Waals surface area contributed by atoms with Gasteiger partial charge in [0, 0.05) is 18.7 Å². The Labute approximate surface area is 119 Å². The van der Waals surface area contributed by atoms with Crippen LogP contribution < -0.4 is 4.74 Å². The van der Waals surface area contributed by atoms with E-state index in [0.717, 1.165) is 18.9 Å². The van der Waals surface area contributed by atoms with Gasteiger partial charge in [-0.1, -0.05) is 18.2 Å². The smallest absolute Gasteiger partial charge is 0.405 e. The fraction of sp³-hybridized carbons (Fsp3) is 0.462. The van der Waals surface area contributed by atoms with Crippen molar-refractivity contribution in [3.05, 3.63) is 29.8 Å². The molecule has 0 spiro atoms. The summed E-state index contributed by atoms with van der Waals surface area (Å²) in [7, 11) is 0. The predicted octanol–water partition coefficient (Wildman–Crippen LogP) is 3.49. The van der Waals surface area contributed by atoms with Crippen LogP contribution in [0.25, 0.3) is 0 Å². The summed E-state index contributed by atoms with van der Waals surface area (Å²) in [6.07, 6.45) is -3.05. The Balaban J connectivity index is 2.20. The van der Waals surface area contributed by atoms with Gasteiger partial charge in [-0.15, -0.1) is 24.8 Å². The van der Waals surface area contributed by atoms with Crippen LogP contribution in [-0.2, 0) is 4.79 Å². The summed E-state index contributed by atoms with van der Waals surface area (Å²) in [4.78, 5) is 13.7. The molecule has 1 aliphatic heterocycles. The number of halogens is 4. The fourth-order valence-electron chi connectivity index (χ4n) is 2.14. The number of benzene rings is 1. The van der Waals surface area contributed by atoms with Gasteiger partial charge in [-0.3, -0.25) is 4.79 Å². The second kappa shape index (κ2) is 5.91. The van der Waals surface area contributed by atoms with Gasteiger partial charge in [0.15, 0.2) is 0 Å². The summed E-state index contributed by atoms with van der Waals surface area (Å²) in [5.41, 5.74) is 0.0309. The molecule has 1 aromatic rings. The summed E-state index contributed by atoms with van der Waals surface area (Å²) in [5.74, 6) is -0.824. The summed E-state index contributed by atoms with van der Waals surface area (Å²) in [6, 6.07) is 5.43. The maximum atomic E-state index is 12.3. The van der Waals surface area contributed by atoms with Crippen LogP contribution in [0.1, 0.15) is 23.8 Å². The van der Waals surface area contributed by atoms with Crippen LogP contribution in [-0.4, -0.2) is 30.3 Å². The second-order valence-electron chi connectivity index (χ2n) is 4.48. The third-order valence-electron chi connectivity index (χ3n) is 3.05. The van der Waals surface area contributed by atoms with Gasteiger partial charge in [0.25, 0.3) is 0 Å². The Bertz CT molecular complexity index is 487. The molecular formula is C13H13ClF3NO2. The average Bonchev–Trinajstić information content (AvgIpc) is 2.89. The van der Waals surface area contributed by atoms with Crippen LogP contribution in [0, 0.1) is 0 Å². The zero-order valence-electron chi connectivity index (χ0n) is 10.5. The maximum absolute atomic E-state index is 12.3. The molecule has 1 heterocycles. The van der Waals surface area contributed by atoms with E-state index in [2.05, 4.69) is 4.74 Å². The summed E-state index contributed by atoms with van der Waals surface area (Å²) >= 11 is 6.03. The second-order valence-corrected chi connectivity index (χ2v) is 4.92. The summed E-state index contributed by atoms with van der Waals surface area (Å²) in [6.45, 7) is 1.18. The number of rotatable bonds is 3. The third-order valence-corrected chi connectivity index (χ3v) is 3.47. The van der Waals surface area contributed by atoms with E-state index >= 15 is 0 Å². The van der Waals surface area contributed by atoms with Crippen molar-refractivity contribution >= 4 is 17.5 Å². The first-order valence-electron chi connectivity index (χ1n) is 6.16. The topological polar surface area (TPSA) is 29.5 Å². The zero-order valence-corrected chi connectivity index (χ0v) is 11.2. The van der Waals surface area contributed by atoms with Crippen LogP contribution in [0.3, 0.4) is 0 Å². The molecule has 0 saturated carbocycles. The third kappa shape index (κ3) is 3.56. The van der Waals surface area contributed by atoms with Gasteiger partial charge in [-0.2, -0.15) is 0 Å². The van der Waals surface area contributed by atoms with Crippen molar-refractivity contribution in [1.82, 2.24) is 4.90 Å². The molecule has 0 aliphatic carbocycles. The molecule has 0 radical (unpaired) electrons. The van der Waals surface area contributed by atoms with Crippen LogP contribution in [0.5, 0.6) is 5.75 Å². The first-order chi connectivity index (χ1) is 9.38. The highest BCUT2D eigenvalue weighted by Crippen LogP contribution is 2.34. The first-order valence-corrected chi connectivity index (χ1v) is 6.59. The van der Waals surface area contributed by atoms with E-state index in [-0.39, 0.29) is 11.5 Å². The van der Waals surface area contributed by atoms with Crippen LogP contribution in [0.4, 0.5) is 13.2 Å². The van der Waals surface area contributed by atoms with Crippen LogP contribution in [0.2, 0.25) is 0 Å². The minimum absolute atomic E-state index is 0.0309. The molecule has 1 aromatic carbocycles.